The van der Waals surface area contributed by atoms with Crippen LogP contribution >= 0.6 is 11.6 Å². The fraction of sp³-hybridized carbons (Fsp3) is 0.909. The number of carbonyl (C=O) groups excluding carboxylic acids is 1. The number of allylic oxidation sites excluding steroid dienone is 2. The summed E-state index contributed by atoms with van der Waals surface area (Å²) in [5, 5.41) is 0. The van der Waals surface area contributed by atoms with Gasteiger partial charge in [-0.15, -0.1) is 11.6 Å². The Morgan fingerprint density at radius 2 is 1.49 bits per heavy atom. The van der Waals surface area contributed by atoms with Crippen molar-refractivity contribution in [3.8, 4) is 0 Å². The summed E-state index contributed by atoms with van der Waals surface area (Å²) < 4.78 is 12.0. The Bertz CT molecular complexity index is 938. The minimum absolute atomic E-state index is 0.0319. The fourth-order valence-electron chi connectivity index (χ4n) is 11.7. The third-order valence-electron chi connectivity index (χ3n) is 13.5. The van der Waals surface area contributed by atoms with Gasteiger partial charge in [0.1, 0.15) is 12.0 Å². The van der Waals surface area contributed by atoms with Crippen molar-refractivity contribution in [3.63, 3.8) is 0 Å². The highest BCUT2D eigenvalue weighted by Gasteiger charge is 2.63. The highest BCUT2D eigenvalue weighted by Crippen LogP contribution is 2.70. The quantitative estimate of drug-likeness (QED) is 0.207. The SMILES string of the molecule is CO[C@H]1CC[C@@]2(C)[C@@H](CC[C@@]3(C)CC4=CC[C@H]5C(C)(C)[C@H](OC(=O)CCl)CC[C@]5(C)[C@H]4CC[C@@H]32)C1(C)C. The molecule has 5 rings (SSSR count). The highest BCUT2D eigenvalue weighted by atomic mass is 35.5. The number of ether oxygens (including phenoxy) is 2. The first kappa shape index (κ1) is 28.0. The molecule has 0 radical (unpaired) electrons. The van der Waals surface area contributed by atoms with Gasteiger partial charge in [-0.1, -0.05) is 60.1 Å². The molecule has 4 saturated carbocycles. The zero-order valence-corrected chi connectivity index (χ0v) is 25.7. The van der Waals surface area contributed by atoms with Crippen molar-refractivity contribution in [2.75, 3.05) is 13.0 Å². The number of rotatable bonds is 3. The molecule has 0 aromatic rings. The molecule has 0 amide bonds. The van der Waals surface area contributed by atoms with Gasteiger partial charge >= 0.3 is 5.97 Å². The molecular weight excluding hydrogens is 480 g/mol. The Morgan fingerprint density at radius 3 is 2.16 bits per heavy atom. The van der Waals surface area contributed by atoms with Crippen LogP contribution in [0.5, 0.6) is 0 Å². The lowest BCUT2D eigenvalue weighted by atomic mass is 9.42. The molecule has 0 unspecified atom stereocenters. The summed E-state index contributed by atoms with van der Waals surface area (Å²) >= 11 is 5.81. The van der Waals surface area contributed by atoms with Crippen LogP contribution in [0.2, 0.25) is 0 Å². The molecule has 0 heterocycles. The molecule has 4 heteroatoms. The Kier molecular flexibility index (Phi) is 7.00. The lowest BCUT2D eigenvalue weighted by Gasteiger charge is -2.64. The first-order valence-corrected chi connectivity index (χ1v) is 15.7. The predicted molar refractivity (Wildman–Crippen MR) is 151 cm³/mol. The van der Waals surface area contributed by atoms with Crippen LogP contribution in [0.3, 0.4) is 0 Å². The summed E-state index contributed by atoms with van der Waals surface area (Å²) in [5.74, 6) is 2.38. The molecule has 4 fully saturated rings. The monoisotopic (exact) mass is 532 g/mol. The normalized spacial score (nSPS) is 48.3. The van der Waals surface area contributed by atoms with E-state index in [0.717, 1.165) is 31.1 Å². The van der Waals surface area contributed by atoms with Crippen LogP contribution in [0.25, 0.3) is 0 Å². The van der Waals surface area contributed by atoms with E-state index >= 15 is 0 Å². The van der Waals surface area contributed by atoms with Crippen molar-refractivity contribution in [1.82, 2.24) is 0 Å². The molecule has 0 saturated heterocycles. The molecule has 3 nitrogen and oxygen atoms in total. The van der Waals surface area contributed by atoms with Crippen molar-refractivity contribution in [2.45, 2.75) is 125 Å². The van der Waals surface area contributed by atoms with E-state index in [1.54, 1.807) is 5.57 Å². The number of hydrogen-bond donors (Lipinski definition) is 0. The third kappa shape index (κ3) is 4.10. The van der Waals surface area contributed by atoms with Crippen LogP contribution in [0.1, 0.15) is 113 Å². The number of halogens is 1. The molecular formula is C33H53ClO3. The van der Waals surface area contributed by atoms with Gasteiger partial charge in [-0.2, -0.15) is 0 Å². The Balaban J connectivity index is 1.44. The van der Waals surface area contributed by atoms with E-state index in [-0.39, 0.29) is 34.2 Å². The summed E-state index contributed by atoms with van der Waals surface area (Å²) in [7, 11) is 1.93. The molecule has 0 bridgehead atoms. The third-order valence-corrected chi connectivity index (χ3v) is 13.7. The van der Waals surface area contributed by atoms with E-state index in [1.807, 2.05) is 7.11 Å². The summed E-state index contributed by atoms with van der Waals surface area (Å²) in [6.45, 7) is 17.6. The first-order chi connectivity index (χ1) is 17.2. The molecule has 0 N–H and O–H groups in total. The van der Waals surface area contributed by atoms with Crippen molar-refractivity contribution >= 4 is 17.6 Å². The maximum atomic E-state index is 12.1. The average molecular weight is 533 g/mol. The second-order valence-corrected chi connectivity index (χ2v) is 16.0. The molecule has 37 heavy (non-hydrogen) atoms. The van der Waals surface area contributed by atoms with Crippen LogP contribution in [0.15, 0.2) is 11.6 Å². The van der Waals surface area contributed by atoms with Gasteiger partial charge in [-0.25, -0.2) is 0 Å². The summed E-state index contributed by atoms with van der Waals surface area (Å²) in [4.78, 5) is 12.1. The smallest absolute Gasteiger partial charge is 0.321 e. The van der Waals surface area contributed by atoms with E-state index in [0.29, 0.717) is 28.8 Å². The van der Waals surface area contributed by atoms with Crippen LogP contribution in [0.4, 0.5) is 0 Å². The van der Waals surface area contributed by atoms with Gasteiger partial charge in [-0.05, 0) is 110 Å². The topological polar surface area (TPSA) is 35.5 Å². The van der Waals surface area contributed by atoms with Gasteiger partial charge in [0.15, 0.2) is 0 Å². The van der Waals surface area contributed by atoms with Crippen LogP contribution in [-0.2, 0) is 14.3 Å². The average Bonchev–Trinajstić information content (AvgIpc) is 2.97. The van der Waals surface area contributed by atoms with Gasteiger partial charge in [0.25, 0.3) is 0 Å². The number of carbonyl (C=O) groups is 1. The summed E-state index contributed by atoms with van der Waals surface area (Å²) in [6.07, 6.45) is 15.4. The minimum atomic E-state index is -0.268. The standard InChI is InChI=1S/C33H53ClO3/c1-29(2)24-13-16-31(5)19-21-9-11-23-30(3,4)27(37-28(35)20-34)15-17-32(23,6)22(21)10-12-25(31)33(24,7)18-14-26(29)36-8/h9,22-27H,10-20H2,1-8H3/t22-,23-,24-,25-,26-,27+,31-,32+,33-/m0/s1. The lowest BCUT2D eigenvalue weighted by Crippen LogP contribution is -2.58. The zero-order valence-electron chi connectivity index (χ0n) is 24.9. The summed E-state index contributed by atoms with van der Waals surface area (Å²) in [5.41, 5.74) is 3.03. The number of hydrogen-bond acceptors (Lipinski definition) is 3. The van der Waals surface area contributed by atoms with Crippen LogP contribution < -0.4 is 0 Å². The van der Waals surface area contributed by atoms with Crippen molar-refractivity contribution in [2.24, 2.45) is 50.7 Å². The second-order valence-electron chi connectivity index (χ2n) is 15.7. The van der Waals surface area contributed by atoms with E-state index in [2.05, 4.69) is 54.5 Å². The maximum absolute atomic E-state index is 12.1. The number of methoxy groups -OCH3 is 1. The fourth-order valence-corrected chi connectivity index (χ4v) is 11.8. The van der Waals surface area contributed by atoms with E-state index in [4.69, 9.17) is 21.1 Å². The number of esters is 1. The van der Waals surface area contributed by atoms with Crippen molar-refractivity contribution in [3.05, 3.63) is 11.6 Å². The first-order valence-electron chi connectivity index (χ1n) is 15.2. The zero-order chi connectivity index (χ0) is 27.0. The van der Waals surface area contributed by atoms with E-state index in [1.165, 1.54) is 44.9 Å². The molecule has 5 aliphatic carbocycles. The molecule has 0 aliphatic heterocycles. The second kappa shape index (κ2) is 9.25. The summed E-state index contributed by atoms with van der Waals surface area (Å²) in [6, 6.07) is 0. The van der Waals surface area contributed by atoms with E-state index in [9.17, 15) is 4.79 Å². The molecule has 9 atom stereocenters. The van der Waals surface area contributed by atoms with Gasteiger partial charge in [-0.3, -0.25) is 4.79 Å². The lowest BCUT2D eigenvalue weighted by molar-refractivity contribution is -0.178. The van der Waals surface area contributed by atoms with Crippen molar-refractivity contribution < 1.29 is 14.3 Å². The Labute approximate surface area is 231 Å². The van der Waals surface area contributed by atoms with Gasteiger partial charge < -0.3 is 9.47 Å². The number of fused-ring (bicyclic) bond motifs is 6. The van der Waals surface area contributed by atoms with Gasteiger partial charge in [0, 0.05) is 12.5 Å². The molecule has 0 aromatic carbocycles. The molecule has 210 valence electrons. The largest absolute Gasteiger partial charge is 0.461 e. The van der Waals surface area contributed by atoms with Crippen LogP contribution in [0, 0.1) is 50.7 Å². The maximum Gasteiger partial charge on any atom is 0.321 e. The highest BCUT2D eigenvalue weighted by molar-refractivity contribution is 6.26. The van der Waals surface area contributed by atoms with Crippen LogP contribution in [-0.4, -0.2) is 31.2 Å². The predicted octanol–water partition coefficient (Wildman–Crippen LogP) is 8.58. The minimum Gasteiger partial charge on any atom is -0.461 e. The molecule has 0 aromatic heterocycles. The van der Waals surface area contributed by atoms with Gasteiger partial charge in [0.2, 0.25) is 0 Å². The van der Waals surface area contributed by atoms with Crippen molar-refractivity contribution in [1.29, 1.82) is 0 Å². The van der Waals surface area contributed by atoms with Gasteiger partial charge in [0.05, 0.1) is 6.10 Å². The Morgan fingerprint density at radius 1 is 0.838 bits per heavy atom. The Hall–Kier alpha value is -0.540. The van der Waals surface area contributed by atoms with E-state index < -0.39 is 0 Å². The molecule has 0 spiro atoms. The number of alkyl halides is 1. The molecule has 5 aliphatic rings.